The maximum absolute atomic E-state index is 12.3. The Balaban J connectivity index is 1.72. The number of hydrogen-bond acceptors (Lipinski definition) is 3. The van der Waals surface area contributed by atoms with Gasteiger partial charge in [0.25, 0.3) is 0 Å². The number of fused-ring (bicyclic) bond motifs is 1. The Kier molecular flexibility index (Phi) is 4.66. The van der Waals surface area contributed by atoms with Crippen LogP contribution in [0.15, 0.2) is 46.9 Å². The van der Waals surface area contributed by atoms with Crippen LogP contribution < -0.4 is 20.1 Å². The summed E-state index contributed by atoms with van der Waals surface area (Å²) in [5.41, 5.74) is 1.10. The van der Waals surface area contributed by atoms with Crippen LogP contribution in [0.5, 0.6) is 11.5 Å². The molecule has 0 aromatic heterocycles. The zero-order valence-electron chi connectivity index (χ0n) is 13.6. The average Bonchev–Trinajstić information content (AvgIpc) is 2.53. The minimum Gasteiger partial charge on any atom is -0.486 e. The van der Waals surface area contributed by atoms with Crippen molar-refractivity contribution in [1.82, 2.24) is 5.32 Å². The van der Waals surface area contributed by atoms with Gasteiger partial charge in [0, 0.05) is 10.2 Å². The molecule has 6 heteroatoms. The second-order valence-electron chi connectivity index (χ2n) is 6.07. The van der Waals surface area contributed by atoms with Gasteiger partial charge in [0.1, 0.15) is 13.2 Å². The topological polar surface area (TPSA) is 59.6 Å². The maximum atomic E-state index is 12.3. The van der Waals surface area contributed by atoms with Crippen molar-refractivity contribution < 1.29 is 14.3 Å². The molecule has 2 aromatic rings. The predicted octanol–water partition coefficient (Wildman–Crippen LogP) is 4.28. The monoisotopic (exact) mass is 390 g/mol. The third-order valence-corrected chi connectivity index (χ3v) is 4.27. The number of amides is 2. The maximum Gasteiger partial charge on any atom is 0.319 e. The van der Waals surface area contributed by atoms with Gasteiger partial charge in [-0.2, -0.15) is 0 Å². The first kappa shape index (κ1) is 16.6. The molecule has 3 rings (SSSR count). The lowest BCUT2D eigenvalue weighted by Crippen LogP contribution is -2.43. The average molecular weight is 391 g/mol. The summed E-state index contributed by atoms with van der Waals surface area (Å²) in [5.74, 6) is 1.44. The van der Waals surface area contributed by atoms with Gasteiger partial charge in [0.2, 0.25) is 0 Å². The third-order valence-electron chi connectivity index (χ3n) is 3.77. The summed E-state index contributed by atoms with van der Waals surface area (Å²) >= 11 is 3.39. The van der Waals surface area contributed by atoms with Gasteiger partial charge in [0.05, 0.1) is 5.54 Å². The molecule has 5 nitrogen and oxygen atoms in total. The van der Waals surface area contributed by atoms with Crippen LogP contribution in [0.25, 0.3) is 0 Å². The van der Waals surface area contributed by atoms with Crippen LogP contribution in [0.3, 0.4) is 0 Å². The van der Waals surface area contributed by atoms with E-state index in [1.54, 1.807) is 0 Å². The van der Waals surface area contributed by atoms with Crippen molar-refractivity contribution in [2.24, 2.45) is 0 Å². The molecule has 0 spiro atoms. The SMILES string of the molecule is CC(C)(NC(=O)Nc1cccc(Br)c1)c1ccc2c(c1)OCCO2. The number of halogens is 1. The van der Waals surface area contributed by atoms with Crippen LogP contribution >= 0.6 is 15.9 Å². The summed E-state index contributed by atoms with van der Waals surface area (Å²) in [6.07, 6.45) is 0. The molecule has 0 radical (unpaired) electrons. The number of nitrogens with one attached hydrogen (secondary N) is 2. The molecule has 0 fully saturated rings. The predicted molar refractivity (Wildman–Crippen MR) is 96.8 cm³/mol. The highest BCUT2D eigenvalue weighted by Crippen LogP contribution is 2.34. The number of anilines is 1. The van der Waals surface area contributed by atoms with Crippen LogP contribution in [0.1, 0.15) is 19.4 Å². The van der Waals surface area contributed by atoms with E-state index >= 15 is 0 Å². The Morgan fingerprint density at radius 3 is 2.58 bits per heavy atom. The first-order chi connectivity index (χ1) is 11.4. The minimum atomic E-state index is -0.564. The standard InChI is InChI=1S/C18H19BrN2O3/c1-18(2,12-6-7-15-16(10-12)24-9-8-23-15)21-17(22)20-14-5-3-4-13(19)11-14/h3-7,10-11H,8-9H2,1-2H3,(H2,20,21,22). The molecule has 2 amide bonds. The second-order valence-corrected chi connectivity index (χ2v) is 6.99. The van der Waals surface area contributed by atoms with E-state index in [-0.39, 0.29) is 6.03 Å². The first-order valence-electron chi connectivity index (χ1n) is 7.69. The quantitative estimate of drug-likeness (QED) is 0.821. The van der Waals surface area contributed by atoms with E-state index in [9.17, 15) is 4.79 Å². The van der Waals surface area contributed by atoms with Gasteiger partial charge in [-0.25, -0.2) is 4.79 Å². The van der Waals surface area contributed by atoms with Gasteiger partial charge in [-0.15, -0.1) is 0 Å². The molecule has 24 heavy (non-hydrogen) atoms. The summed E-state index contributed by atoms with van der Waals surface area (Å²) in [6, 6.07) is 12.9. The molecule has 0 bridgehead atoms. The largest absolute Gasteiger partial charge is 0.486 e. The molecule has 1 heterocycles. The first-order valence-corrected chi connectivity index (χ1v) is 8.48. The Hall–Kier alpha value is -2.21. The van der Waals surface area contributed by atoms with Crippen molar-refractivity contribution >= 4 is 27.6 Å². The fraction of sp³-hybridized carbons (Fsp3) is 0.278. The molecule has 0 atom stereocenters. The summed E-state index contributed by atoms with van der Waals surface area (Å²) in [5, 5.41) is 5.82. The van der Waals surface area contributed by atoms with Crippen molar-refractivity contribution in [3.05, 3.63) is 52.5 Å². The number of ether oxygens (including phenoxy) is 2. The summed E-state index contributed by atoms with van der Waals surface area (Å²) in [7, 11) is 0. The van der Waals surface area contributed by atoms with Gasteiger partial charge in [0.15, 0.2) is 11.5 Å². The molecule has 2 N–H and O–H groups in total. The van der Waals surface area contributed by atoms with Gasteiger partial charge < -0.3 is 20.1 Å². The van der Waals surface area contributed by atoms with E-state index in [4.69, 9.17) is 9.47 Å². The Morgan fingerprint density at radius 2 is 1.83 bits per heavy atom. The fourth-order valence-corrected chi connectivity index (χ4v) is 2.92. The highest BCUT2D eigenvalue weighted by Gasteiger charge is 2.25. The summed E-state index contributed by atoms with van der Waals surface area (Å²) in [4.78, 5) is 12.3. The second kappa shape index (κ2) is 6.73. The van der Waals surface area contributed by atoms with Gasteiger partial charge >= 0.3 is 6.03 Å². The van der Waals surface area contributed by atoms with Gasteiger partial charge in [-0.05, 0) is 49.7 Å². The normalized spacial score (nSPS) is 13.3. The number of benzene rings is 2. The Labute approximate surface area is 149 Å². The summed E-state index contributed by atoms with van der Waals surface area (Å²) < 4.78 is 12.1. The van der Waals surface area contributed by atoms with E-state index in [0.29, 0.717) is 19.0 Å². The van der Waals surface area contributed by atoms with Crippen molar-refractivity contribution in [3.63, 3.8) is 0 Å². The van der Waals surface area contributed by atoms with Crippen molar-refractivity contribution in [1.29, 1.82) is 0 Å². The van der Waals surface area contributed by atoms with Gasteiger partial charge in [-0.3, -0.25) is 0 Å². The molecule has 0 aliphatic carbocycles. The number of hydrogen-bond donors (Lipinski definition) is 2. The molecule has 126 valence electrons. The molecule has 0 saturated carbocycles. The van der Waals surface area contributed by atoms with Crippen LogP contribution in [-0.4, -0.2) is 19.2 Å². The van der Waals surface area contributed by atoms with Crippen molar-refractivity contribution in [2.75, 3.05) is 18.5 Å². The zero-order valence-corrected chi connectivity index (χ0v) is 15.1. The smallest absolute Gasteiger partial charge is 0.319 e. The van der Waals surface area contributed by atoms with Crippen molar-refractivity contribution in [3.8, 4) is 11.5 Å². The minimum absolute atomic E-state index is 0.270. The van der Waals surface area contributed by atoms with E-state index in [1.807, 2.05) is 56.3 Å². The molecular formula is C18H19BrN2O3. The molecule has 1 aliphatic heterocycles. The zero-order chi connectivity index (χ0) is 17.2. The molecule has 0 saturated heterocycles. The number of carbonyl (C=O) groups is 1. The van der Waals surface area contributed by atoms with Crippen LogP contribution in [0.2, 0.25) is 0 Å². The number of rotatable bonds is 3. The van der Waals surface area contributed by atoms with Crippen LogP contribution in [0, 0.1) is 0 Å². The molecule has 0 unspecified atom stereocenters. The summed E-state index contributed by atoms with van der Waals surface area (Å²) in [6.45, 7) is 4.98. The Bertz CT molecular complexity index is 762. The van der Waals surface area contributed by atoms with Crippen LogP contribution in [0.4, 0.5) is 10.5 Å². The molecule has 1 aliphatic rings. The third kappa shape index (κ3) is 3.82. The number of carbonyl (C=O) groups excluding carboxylic acids is 1. The highest BCUT2D eigenvalue weighted by atomic mass is 79.9. The lowest BCUT2D eigenvalue weighted by molar-refractivity contribution is 0.171. The van der Waals surface area contributed by atoms with E-state index in [2.05, 4.69) is 26.6 Å². The van der Waals surface area contributed by atoms with Crippen LogP contribution in [-0.2, 0) is 5.54 Å². The van der Waals surface area contributed by atoms with E-state index < -0.39 is 5.54 Å². The Morgan fingerprint density at radius 1 is 1.08 bits per heavy atom. The van der Waals surface area contributed by atoms with Gasteiger partial charge in [-0.1, -0.05) is 28.1 Å². The highest BCUT2D eigenvalue weighted by molar-refractivity contribution is 9.10. The van der Waals surface area contributed by atoms with Crippen molar-refractivity contribution in [2.45, 2.75) is 19.4 Å². The molecular weight excluding hydrogens is 372 g/mol. The van der Waals surface area contributed by atoms with E-state index in [0.717, 1.165) is 21.5 Å². The number of urea groups is 1. The lowest BCUT2D eigenvalue weighted by Gasteiger charge is -2.28. The van der Waals surface area contributed by atoms with E-state index in [1.165, 1.54) is 0 Å². The lowest BCUT2D eigenvalue weighted by atomic mass is 9.94. The fourth-order valence-electron chi connectivity index (χ4n) is 2.52. The molecule has 2 aromatic carbocycles.